The van der Waals surface area contributed by atoms with Crippen molar-refractivity contribution >= 4 is 29.1 Å². The zero-order chi connectivity index (χ0) is 23.3. The van der Waals surface area contributed by atoms with E-state index < -0.39 is 11.7 Å². The van der Waals surface area contributed by atoms with E-state index in [-0.39, 0.29) is 42.0 Å². The number of carbonyl (C=O) groups excluding carboxylic acids is 2. The number of H-pyrrole nitrogens is 1. The molecule has 2 aromatic rings. The maximum atomic E-state index is 12.3. The summed E-state index contributed by atoms with van der Waals surface area (Å²) in [6.45, 7) is 8.29. The molecule has 1 aliphatic rings. The predicted molar refractivity (Wildman–Crippen MR) is 119 cm³/mol. The molecule has 0 saturated heterocycles. The molecule has 0 amide bonds. The second-order valence-electron chi connectivity index (χ2n) is 8.13. The molecule has 1 saturated carbocycles. The van der Waals surface area contributed by atoms with Gasteiger partial charge in [-0.2, -0.15) is 4.98 Å². The van der Waals surface area contributed by atoms with Gasteiger partial charge in [-0.25, -0.2) is 4.98 Å². The Balaban J connectivity index is 1.84. The molecule has 0 aliphatic heterocycles. The number of unbranched alkanes of at least 4 members (excludes halogenated alkanes) is 2. The molecule has 10 nitrogen and oxygen atoms in total. The van der Waals surface area contributed by atoms with E-state index in [2.05, 4.69) is 21.5 Å². The Bertz CT molecular complexity index is 1040. The van der Waals surface area contributed by atoms with E-state index in [1.54, 1.807) is 4.57 Å². The molecule has 3 N–H and O–H groups in total. The lowest BCUT2D eigenvalue weighted by Gasteiger charge is -2.20. The number of aromatic amines is 1. The fourth-order valence-corrected chi connectivity index (χ4v) is 3.95. The third-order valence-electron chi connectivity index (χ3n) is 5.77. The largest absolute Gasteiger partial charge is 0.465 e. The van der Waals surface area contributed by atoms with Gasteiger partial charge in [-0.3, -0.25) is 19.4 Å². The van der Waals surface area contributed by atoms with Gasteiger partial charge >= 0.3 is 11.9 Å². The van der Waals surface area contributed by atoms with Gasteiger partial charge < -0.3 is 19.8 Å². The van der Waals surface area contributed by atoms with E-state index in [4.69, 9.17) is 15.2 Å². The zero-order valence-corrected chi connectivity index (χ0v) is 18.6. The Morgan fingerprint density at radius 3 is 2.62 bits per heavy atom. The third kappa shape index (κ3) is 5.17. The minimum atomic E-state index is -0.507. The number of anilines is 1. The van der Waals surface area contributed by atoms with Crippen LogP contribution >= 0.6 is 0 Å². The Morgan fingerprint density at radius 1 is 1.25 bits per heavy atom. The normalized spacial score (nSPS) is 20.6. The summed E-state index contributed by atoms with van der Waals surface area (Å²) in [6.07, 6.45) is 5.36. The van der Waals surface area contributed by atoms with Crippen molar-refractivity contribution in [3.63, 3.8) is 0 Å². The van der Waals surface area contributed by atoms with Gasteiger partial charge in [0.15, 0.2) is 11.2 Å². The van der Waals surface area contributed by atoms with Crippen molar-refractivity contribution in [2.24, 2.45) is 5.92 Å². The van der Waals surface area contributed by atoms with Gasteiger partial charge in [0.2, 0.25) is 5.95 Å². The summed E-state index contributed by atoms with van der Waals surface area (Å²) in [5, 5.41) is 0. The van der Waals surface area contributed by atoms with Crippen molar-refractivity contribution < 1.29 is 19.1 Å². The lowest BCUT2D eigenvalue weighted by molar-refractivity contribution is -0.153. The molecule has 10 heteroatoms. The highest BCUT2D eigenvalue weighted by atomic mass is 16.6. The first-order valence-corrected chi connectivity index (χ1v) is 11.1. The van der Waals surface area contributed by atoms with Crippen LogP contribution in [0.25, 0.3) is 11.2 Å². The number of nitrogen functional groups attached to an aromatic ring is 1. The van der Waals surface area contributed by atoms with Gasteiger partial charge in [0.25, 0.3) is 5.56 Å². The number of ether oxygens (including phenoxy) is 2. The van der Waals surface area contributed by atoms with Gasteiger partial charge in [-0.05, 0) is 18.4 Å². The van der Waals surface area contributed by atoms with Crippen molar-refractivity contribution in [3.05, 3.63) is 28.8 Å². The van der Waals surface area contributed by atoms with Crippen LogP contribution in [0.1, 0.15) is 64.8 Å². The molecular formula is C22H31N5O5. The maximum absolute atomic E-state index is 12.3. The summed E-state index contributed by atoms with van der Waals surface area (Å²) in [5.41, 5.74) is 6.50. The maximum Gasteiger partial charge on any atom is 0.306 e. The van der Waals surface area contributed by atoms with Crippen LogP contribution in [0.3, 0.4) is 0 Å². The minimum absolute atomic E-state index is 0.0168. The molecule has 3 rings (SSSR count). The van der Waals surface area contributed by atoms with Crippen LogP contribution in [-0.2, 0) is 19.1 Å². The molecule has 1 aliphatic carbocycles. The number of nitrogens with zero attached hydrogens (tertiary/aromatic N) is 3. The molecule has 3 atom stereocenters. The lowest BCUT2D eigenvalue weighted by Crippen LogP contribution is -2.27. The first-order chi connectivity index (χ1) is 15.3. The van der Waals surface area contributed by atoms with Gasteiger partial charge in [0.05, 0.1) is 18.3 Å². The molecule has 2 aromatic heterocycles. The van der Waals surface area contributed by atoms with Crippen LogP contribution in [0.2, 0.25) is 0 Å². The number of nitrogens with two attached hydrogens (primary N) is 1. The second-order valence-corrected chi connectivity index (χ2v) is 8.13. The summed E-state index contributed by atoms with van der Waals surface area (Å²) in [4.78, 5) is 47.4. The minimum Gasteiger partial charge on any atom is -0.465 e. The molecule has 0 spiro atoms. The van der Waals surface area contributed by atoms with E-state index in [9.17, 15) is 14.4 Å². The molecule has 174 valence electrons. The molecule has 2 heterocycles. The van der Waals surface area contributed by atoms with Crippen molar-refractivity contribution in [1.29, 1.82) is 0 Å². The van der Waals surface area contributed by atoms with Crippen molar-refractivity contribution in [1.82, 2.24) is 19.5 Å². The molecule has 1 fully saturated rings. The van der Waals surface area contributed by atoms with Gasteiger partial charge in [-0.15, -0.1) is 0 Å². The lowest BCUT2D eigenvalue weighted by atomic mass is 10.0. The zero-order valence-electron chi connectivity index (χ0n) is 18.6. The van der Waals surface area contributed by atoms with Crippen molar-refractivity contribution in [2.45, 2.75) is 70.9 Å². The average molecular weight is 446 g/mol. The third-order valence-corrected chi connectivity index (χ3v) is 5.77. The molecule has 0 radical (unpaired) electrons. The highest BCUT2D eigenvalue weighted by molar-refractivity contribution is 5.71. The predicted octanol–water partition coefficient (Wildman–Crippen LogP) is 2.65. The number of aromatic nitrogens is 4. The van der Waals surface area contributed by atoms with E-state index in [1.807, 2.05) is 13.8 Å². The fraction of sp³-hybridized carbons (Fsp3) is 0.591. The van der Waals surface area contributed by atoms with Gasteiger partial charge in [0, 0.05) is 19.3 Å². The molecular weight excluding hydrogens is 414 g/mol. The first kappa shape index (κ1) is 23.5. The number of esters is 2. The Labute approximate surface area is 186 Å². The topological polar surface area (TPSA) is 142 Å². The summed E-state index contributed by atoms with van der Waals surface area (Å²) in [5.74, 6) is -0.958. The Kier molecular flexibility index (Phi) is 7.66. The number of rotatable bonds is 10. The molecule has 32 heavy (non-hydrogen) atoms. The Morgan fingerprint density at radius 2 is 1.94 bits per heavy atom. The van der Waals surface area contributed by atoms with Crippen LogP contribution < -0.4 is 11.3 Å². The van der Waals surface area contributed by atoms with Crippen molar-refractivity contribution in [2.75, 3.05) is 12.3 Å². The SMILES string of the molecule is C=C1[C@H](COC(=O)CCCC)[C@@H](OC(=O)CCCC)C[C@@H]1n1cnc2c(=O)[nH]c(N)nc21. The molecule has 0 unspecified atom stereocenters. The van der Waals surface area contributed by atoms with Crippen LogP contribution in [0.15, 0.2) is 23.3 Å². The van der Waals surface area contributed by atoms with E-state index >= 15 is 0 Å². The summed E-state index contributed by atoms with van der Waals surface area (Å²) in [6, 6.07) is -0.336. The standard InChI is InChI=1S/C22H31N5O5/c1-4-6-8-17(28)31-11-14-13(3)15(10-16(14)32-18(29)9-7-5-2)27-12-24-19-20(27)25-22(23)26-21(19)30/h12,14-16H,3-11H2,1-2H3,(H3,23,25,26,30)/t14-,15-,16-/m0/s1. The van der Waals surface area contributed by atoms with E-state index in [1.165, 1.54) is 6.33 Å². The quantitative estimate of drug-likeness (QED) is 0.420. The first-order valence-electron chi connectivity index (χ1n) is 11.1. The smallest absolute Gasteiger partial charge is 0.306 e. The summed E-state index contributed by atoms with van der Waals surface area (Å²) >= 11 is 0. The highest BCUT2D eigenvalue weighted by Crippen LogP contribution is 2.42. The monoisotopic (exact) mass is 445 g/mol. The van der Waals surface area contributed by atoms with Crippen molar-refractivity contribution in [3.8, 4) is 0 Å². The number of hydrogen-bond donors (Lipinski definition) is 2. The fourth-order valence-electron chi connectivity index (χ4n) is 3.95. The van der Waals surface area contributed by atoms with Gasteiger partial charge in [0.1, 0.15) is 12.7 Å². The summed E-state index contributed by atoms with van der Waals surface area (Å²) in [7, 11) is 0. The number of hydrogen-bond acceptors (Lipinski definition) is 8. The van der Waals surface area contributed by atoms with E-state index in [0.717, 1.165) is 31.3 Å². The number of carbonyl (C=O) groups is 2. The molecule has 0 bridgehead atoms. The van der Waals surface area contributed by atoms with Crippen LogP contribution in [-0.4, -0.2) is 44.2 Å². The Hall–Kier alpha value is -3.17. The average Bonchev–Trinajstić information content (AvgIpc) is 3.30. The molecule has 0 aromatic carbocycles. The second kappa shape index (κ2) is 10.4. The highest BCUT2D eigenvalue weighted by Gasteiger charge is 2.42. The van der Waals surface area contributed by atoms with Crippen LogP contribution in [0.4, 0.5) is 5.95 Å². The van der Waals surface area contributed by atoms with Gasteiger partial charge in [-0.1, -0.05) is 33.3 Å². The number of imidazole rings is 1. The van der Waals surface area contributed by atoms with E-state index in [0.29, 0.717) is 24.9 Å². The summed E-state index contributed by atoms with van der Waals surface area (Å²) < 4.78 is 13.0. The number of fused-ring (bicyclic) bond motifs is 1. The van der Waals surface area contributed by atoms with Crippen LogP contribution in [0.5, 0.6) is 0 Å². The number of nitrogens with one attached hydrogen (secondary N) is 1. The van der Waals surface area contributed by atoms with Crippen LogP contribution in [0, 0.1) is 5.92 Å².